The van der Waals surface area contributed by atoms with Gasteiger partial charge < -0.3 is 10.5 Å². The van der Waals surface area contributed by atoms with E-state index in [1.54, 1.807) is 0 Å². The van der Waals surface area contributed by atoms with Crippen LogP contribution in [0.25, 0.3) is 0 Å². The van der Waals surface area contributed by atoms with Crippen LogP contribution in [0.3, 0.4) is 0 Å². The molecule has 0 aliphatic rings. The van der Waals surface area contributed by atoms with Gasteiger partial charge in [-0.3, -0.25) is 0 Å². The largest absolute Gasteiger partial charge is 0.381 e. The summed E-state index contributed by atoms with van der Waals surface area (Å²) in [4.78, 5) is 0. The number of sulfonamides is 1. The highest BCUT2D eigenvalue weighted by Crippen LogP contribution is 1.84. The van der Waals surface area contributed by atoms with E-state index in [9.17, 15) is 8.42 Å². The molecule has 0 radical (unpaired) electrons. The number of hydrogen-bond acceptors (Lipinski definition) is 4. The van der Waals surface area contributed by atoms with Crippen molar-refractivity contribution in [2.45, 2.75) is 6.92 Å². The van der Waals surface area contributed by atoms with Gasteiger partial charge in [-0.25, -0.2) is 13.1 Å². The van der Waals surface area contributed by atoms with Gasteiger partial charge in [0, 0.05) is 19.7 Å². The highest BCUT2D eigenvalue weighted by molar-refractivity contribution is 7.89. The van der Waals surface area contributed by atoms with Crippen molar-refractivity contribution in [2.75, 3.05) is 32.1 Å². The lowest BCUT2D eigenvalue weighted by molar-refractivity contribution is 0.163. The van der Waals surface area contributed by atoms with Crippen molar-refractivity contribution in [3.63, 3.8) is 0 Å². The maximum Gasteiger partial charge on any atom is 0.213 e. The number of nitrogens with two attached hydrogens (primary N) is 1. The van der Waals surface area contributed by atoms with Gasteiger partial charge in [-0.2, -0.15) is 0 Å². The van der Waals surface area contributed by atoms with Gasteiger partial charge in [0.25, 0.3) is 0 Å². The van der Waals surface area contributed by atoms with Crippen LogP contribution in [-0.2, 0) is 14.8 Å². The Hall–Kier alpha value is -0.170. The van der Waals surface area contributed by atoms with E-state index in [1.165, 1.54) is 0 Å². The molecule has 5 nitrogen and oxygen atoms in total. The normalized spacial score (nSPS) is 11.8. The molecular formula is C6H16N2O3S. The minimum Gasteiger partial charge on any atom is -0.381 e. The summed E-state index contributed by atoms with van der Waals surface area (Å²) in [5.74, 6) is 0.000833. The lowest BCUT2D eigenvalue weighted by Gasteiger charge is -2.04. The van der Waals surface area contributed by atoms with E-state index in [4.69, 9.17) is 10.5 Å². The monoisotopic (exact) mass is 196 g/mol. The Balaban J connectivity index is 3.58. The summed E-state index contributed by atoms with van der Waals surface area (Å²) in [6.07, 6.45) is 0. The van der Waals surface area contributed by atoms with Crippen LogP contribution in [-0.4, -0.2) is 40.5 Å². The lowest BCUT2D eigenvalue weighted by atomic mass is 10.7. The first-order valence-corrected chi connectivity index (χ1v) is 5.52. The van der Waals surface area contributed by atoms with Crippen LogP contribution in [0, 0.1) is 0 Å². The summed E-state index contributed by atoms with van der Waals surface area (Å²) >= 11 is 0. The van der Waals surface area contributed by atoms with Crippen LogP contribution < -0.4 is 10.5 Å². The highest BCUT2D eigenvalue weighted by Gasteiger charge is 2.07. The van der Waals surface area contributed by atoms with Crippen molar-refractivity contribution in [1.29, 1.82) is 0 Å². The fraction of sp³-hybridized carbons (Fsp3) is 1.00. The lowest BCUT2D eigenvalue weighted by Crippen LogP contribution is -2.32. The van der Waals surface area contributed by atoms with Gasteiger partial charge in [0.2, 0.25) is 10.0 Å². The third kappa shape index (κ3) is 6.53. The molecule has 0 saturated heterocycles. The molecule has 0 saturated carbocycles. The van der Waals surface area contributed by atoms with Gasteiger partial charge in [0.1, 0.15) is 0 Å². The molecule has 0 bridgehead atoms. The summed E-state index contributed by atoms with van der Waals surface area (Å²) < 4.78 is 29.3. The minimum atomic E-state index is -3.17. The molecule has 0 aliphatic heterocycles. The van der Waals surface area contributed by atoms with Crippen molar-refractivity contribution in [3.05, 3.63) is 0 Å². The summed E-state index contributed by atoms with van der Waals surface area (Å²) in [7, 11) is -3.17. The summed E-state index contributed by atoms with van der Waals surface area (Å²) in [5, 5.41) is 0. The number of rotatable bonds is 7. The van der Waals surface area contributed by atoms with Crippen molar-refractivity contribution in [1.82, 2.24) is 4.72 Å². The zero-order valence-electron chi connectivity index (χ0n) is 7.25. The second-order valence-electron chi connectivity index (χ2n) is 2.20. The topological polar surface area (TPSA) is 81.4 Å². The van der Waals surface area contributed by atoms with E-state index in [-0.39, 0.29) is 18.9 Å². The average Bonchev–Trinajstić information content (AvgIpc) is 2.01. The first-order chi connectivity index (χ1) is 5.62. The first-order valence-electron chi connectivity index (χ1n) is 3.87. The standard InChI is InChI=1S/C6H16N2O3S/c1-2-11-5-6-12(9,10)8-4-3-7/h8H,2-7H2,1H3. The SMILES string of the molecule is CCOCCS(=O)(=O)NCCN. The van der Waals surface area contributed by atoms with Gasteiger partial charge in [-0.1, -0.05) is 0 Å². The molecule has 0 aromatic rings. The maximum absolute atomic E-state index is 11.0. The van der Waals surface area contributed by atoms with Crippen LogP contribution >= 0.6 is 0 Å². The van der Waals surface area contributed by atoms with Gasteiger partial charge in [-0.05, 0) is 6.92 Å². The fourth-order valence-electron chi connectivity index (χ4n) is 0.600. The number of hydrogen-bond donors (Lipinski definition) is 2. The van der Waals surface area contributed by atoms with E-state index in [2.05, 4.69) is 4.72 Å². The van der Waals surface area contributed by atoms with Crippen LogP contribution in [0.1, 0.15) is 6.92 Å². The third-order valence-corrected chi connectivity index (χ3v) is 2.51. The Morgan fingerprint density at radius 3 is 2.67 bits per heavy atom. The molecule has 0 unspecified atom stereocenters. The molecule has 12 heavy (non-hydrogen) atoms. The predicted octanol–water partition coefficient (Wildman–Crippen LogP) is -1.10. The quantitative estimate of drug-likeness (QED) is 0.506. The van der Waals surface area contributed by atoms with Crippen molar-refractivity contribution >= 4 is 10.0 Å². The Labute approximate surface area is 73.3 Å². The van der Waals surface area contributed by atoms with Crippen LogP contribution in [0.15, 0.2) is 0 Å². The molecule has 6 heteroatoms. The van der Waals surface area contributed by atoms with Crippen molar-refractivity contribution in [3.8, 4) is 0 Å². The van der Waals surface area contributed by atoms with Gasteiger partial charge in [0.15, 0.2) is 0 Å². The number of ether oxygens (including phenoxy) is 1. The molecule has 0 fully saturated rings. The van der Waals surface area contributed by atoms with E-state index >= 15 is 0 Å². The predicted molar refractivity (Wildman–Crippen MR) is 47.3 cm³/mol. The van der Waals surface area contributed by atoms with Crippen LogP contribution in [0.5, 0.6) is 0 Å². The number of nitrogens with one attached hydrogen (secondary N) is 1. The van der Waals surface area contributed by atoms with Gasteiger partial charge in [0.05, 0.1) is 12.4 Å². The van der Waals surface area contributed by atoms with E-state index < -0.39 is 10.0 Å². The molecule has 0 spiro atoms. The molecule has 0 aromatic carbocycles. The first kappa shape index (κ1) is 11.8. The molecule has 0 atom stereocenters. The Morgan fingerprint density at radius 1 is 1.50 bits per heavy atom. The summed E-state index contributed by atoms with van der Waals surface area (Å²) in [6.45, 7) is 3.19. The third-order valence-electron chi connectivity index (χ3n) is 1.17. The smallest absolute Gasteiger partial charge is 0.213 e. The van der Waals surface area contributed by atoms with E-state index in [0.717, 1.165) is 0 Å². The maximum atomic E-state index is 11.0. The zero-order valence-corrected chi connectivity index (χ0v) is 8.06. The Kier molecular flexibility index (Phi) is 6.27. The highest BCUT2D eigenvalue weighted by atomic mass is 32.2. The molecule has 0 rings (SSSR count). The molecule has 0 aliphatic carbocycles. The van der Waals surface area contributed by atoms with Crippen LogP contribution in [0.2, 0.25) is 0 Å². The van der Waals surface area contributed by atoms with Crippen molar-refractivity contribution < 1.29 is 13.2 Å². The second kappa shape index (κ2) is 6.36. The van der Waals surface area contributed by atoms with Gasteiger partial charge in [-0.15, -0.1) is 0 Å². The molecule has 0 aromatic heterocycles. The Bertz CT molecular complexity index is 191. The molecule has 0 amide bonds. The van der Waals surface area contributed by atoms with E-state index in [0.29, 0.717) is 13.2 Å². The molecular weight excluding hydrogens is 180 g/mol. The zero-order chi connectivity index (χ0) is 9.45. The van der Waals surface area contributed by atoms with Gasteiger partial charge >= 0.3 is 0 Å². The Morgan fingerprint density at radius 2 is 2.17 bits per heavy atom. The summed E-state index contributed by atoms with van der Waals surface area (Å²) in [6, 6.07) is 0. The fourth-order valence-corrected chi connectivity index (χ4v) is 1.51. The second-order valence-corrected chi connectivity index (χ2v) is 4.13. The molecule has 3 N–H and O–H groups in total. The average molecular weight is 196 g/mol. The van der Waals surface area contributed by atoms with Crippen molar-refractivity contribution in [2.24, 2.45) is 5.73 Å². The van der Waals surface area contributed by atoms with E-state index in [1.807, 2.05) is 6.92 Å². The summed E-state index contributed by atoms with van der Waals surface area (Å²) in [5.41, 5.74) is 5.13. The molecule has 0 heterocycles. The minimum absolute atomic E-state index is 0.000833. The molecule has 74 valence electrons. The van der Waals surface area contributed by atoms with Crippen LogP contribution in [0.4, 0.5) is 0 Å².